The van der Waals surface area contributed by atoms with Crippen molar-refractivity contribution in [1.29, 1.82) is 0 Å². The fraction of sp³-hybridized carbons (Fsp3) is 0.125. The quantitative estimate of drug-likeness (QED) is 0.239. The van der Waals surface area contributed by atoms with Gasteiger partial charge in [0.15, 0.2) is 11.4 Å². The van der Waals surface area contributed by atoms with Gasteiger partial charge in [-0.25, -0.2) is 19.1 Å². The van der Waals surface area contributed by atoms with Crippen molar-refractivity contribution in [3.8, 4) is 22.5 Å². The van der Waals surface area contributed by atoms with E-state index in [4.69, 9.17) is 14.4 Å². The molecule has 0 N–H and O–H groups in total. The monoisotopic (exact) mass is 524 g/mol. The van der Waals surface area contributed by atoms with Crippen molar-refractivity contribution in [2.24, 2.45) is 7.05 Å². The van der Waals surface area contributed by atoms with Crippen molar-refractivity contribution in [2.75, 3.05) is 23.9 Å². The van der Waals surface area contributed by atoms with Crippen molar-refractivity contribution < 1.29 is 8.99 Å². The van der Waals surface area contributed by atoms with E-state index in [1.807, 2.05) is 18.2 Å². The molecule has 0 atom stereocenters. The van der Waals surface area contributed by atoms with E-state index in [1.54, 1.807) is 12.5 Å². The van der Waals surface area contributed by atoms with Crippen LogP contribution in [0.4, 0.5) is 34.5 Å². The molecule has 0 radical (unpaired) electrons. The van der Waals surface area contributed by atoms with E-state index in [0.29, 0.717) is 5.58 Å². The number of benzene rings is 1. The lowest BCUT2D eigenvalue weighted by Crippen LogP contribution is -2.25. The van der Waals surface area contributed by atoms with E-state index >= 15 is 0 Å². The molecule has 8 heteroatoms. The van der Waals surface area contributed by atoms with Gasteiger partial charge in [-0.1, -0.05) is 24.3 Å². The number of aryl methyl sites for hydroxylation is 1. The van der Waals surface area contributed by atoms with Crippen LogP contribution in [0.2, 0.25) is 0 Å². The lowest BCUT2D eigenvalue weighted by molar-refractivity contribution is -0.403. The van der Waals surface area contributed by atoms with E-state index < -0.39 is 0 Å². The Morgan fingerprint density at radius 2 is 1.68 bits per heavy atom. The molecule has 0 bridgehead atoms. The number of hydrogen-bond donors (Lipinski definition) is 0. The third-order valence-electron chi connectivity index (χ3n) is 7.90. The van der Waals surface area contributed by atoms with Crippen LogP contribution in [0.15, 0.2) is 89.8 Å². The maximum Gasteiger partial charge on any atom is 0.285 e. The molecule has 7 heterocycles. The van der Waals surface area contributed by atoms with Gasteiger partial charge in [0.1, 0.15) is 23.8 Å². The van der Waals surface area contributed by atoms with E-state index in [1.165, 1.54) is 11.4 Å². The van der Waals surface area contributed by atoms with Gasteiger partial charge in [-0.2, -0.15) is 0 Å². The number of para-hydroxylation sites is 2. The van der Waals surface area contributed by atoms with Gasteiger partial charge in [0, 0.05) is 25.7 Å². The van der Waals surface area contributed by atoms with Crippen molar-refractivity contribution in [3.63, 3.8) is 0 Å². The third kappa shape index (κ3) is 3.19. The van der Waals surface area contributed by atoms with Gasteiger partial charge in [0.25, 0.3) is 5.82 Å². The SMILES string of the molecule is CN1c2ccccc2N(c2cccc(-c3cn(C)c4c3CC=[N+]4C)n2)c2nc3c(-c4ccccn4)coc3cc21. The van der Waals surface area contributed by atoms with E-state index in [-0.39, 0.29) is 0 Å². The first-order valence-electron chi connectivity index (χ1n) is 13.3. The summed E-state index contributed by atoms with van der Waals surface area (Å²) in [7, 11) is 6.25. The lowest BCUT2D eigenvalue weighted by Gasteiger charge is -2.36. The minimum atomic E-state index is 0.715. The van der Waals surface area contributed by atoms with E-state index in [9.17, 15) is 0 Å². The molecule has 2 aliphatic rings. The maximum absolute atomic E-state index is 6.00. The molecule has 40 heavy (non-hydrogen) atoms. The topological polar surface area (TPSA) is 66.2 Å². The van der Waals surface area contributed by atoms with Crippen LogP contribution in [0, 0.1) is 0 Å². The molecule has 8 rings (SSSR count). The molecule has 0 unspecified atom stereocenters. The second kappa shape index (κ2) is 8.38. The molecular weight excluding hydrogens is 498 g/mol. The Kier molecular flexibility index (Phi) is 4.76. The average Bonchev–Trinajstić information content (AvgIpc) is 3.68. The van der Waals surface area contributed by atoms with Crippen molar-refractivity contribution in [2.45, 2.75) is 6.42 Å². The molecule has 1 aromatic carbocycles. The number of aromatic nitrogens is 4. The molecule has 0 saturated heterocycles. The molecule has 0 spiro atoms. The molecule has 8 nitrogen and oxygen atoms in total. The zero-order valence-electron chi connectivity index (χ0n) is 22.4. The van der Waals surface area contributed by atoms with Crippen LogP contribution in [0.5, 0.6) is 0 Å². The molecule has 0 aliphatic carbocycles. The second-order valence-corrected chi connectivity index (χ2v) is 10.3. The van der Waals surface area contributed by atoms with Crippen molar-refractivity contribution >= 4 is 51.8 Å². The number of hydrogen-bond acceptors (Lipinski definition) is 6. The van der Waals surface area contributed by atoms with Crippen LogP contribution >= 0.6 is 0 Å². The smallest absolute Gasteiger partial charge is 0.285 e. The summed E-state index contributed by atoms with van der Waals surface area (Å²) in [6, 6.07) is 22.5. The summed E-state index contributed by atoms with van der Waals surface area (Å²) in [6.45, 7) is 0. The number of rotatable bonds is 3. The highest BCUT2D eigenvalue weighted by Gasteiger charge is 2.32. The summed E-state index contributed by atoms with van der Waals surface area (Å²) in [6.07, 6.45) is 8.81. The fourth-order valence-corrected chi connectivity index (χ4v) is 6.03. The number of furan rings is 1. The molecule has 0 saturated carbocycles. The molecule has 5 aromatic heterocycles. The van der Waals surface area contributed by atoms with Crippen LogP contribution in [-0.2, 0) is 13.5 Å². The summed E-state index contributed by atoms with van der Waals surface area (Å²) < 4.78 is 10.4. The van der Waals surface area contributed by atoms with E-state index in [0.717, 1.165) is 63.2 Å². The largest absolute Gasteiger partial charge is 0.462 e. The minimum absolute atomic E-state index is 0.715. The van der Waals surface area contributed by atoms with Gasteiger partial charge in [-0.3, -0.25) is 9.88 Å². The standard InChI is InChI=1S/C32H26N7O/c1-36-16-14-20-21(18-37(2)32(20)36)24-10-8-13-29(34-24)39-26-12-5-4-11-25(26)38(3)27-17-28-30(35-31(27)39)22(19-40-28)23-9-6-7-15-33-23/h4-13,15-19H,14H2,1-3H3/q+1. The van der Waals surface area contributed by atoms with Gasteiger partial charge in [0.05, 0.1) is 65.5 Å². The Labute approximate surface area is 231 Å². The first kappa shape index (κ1) is 22.7. The van der Waals surface area contributed by atoms with Gasteiger partial charge in [0.2, 0.25) is 0 Å². The Morgan fingerprint density at radius 1 is 0.850 bits per heavy atom. The zero-order valence-corrected chi connectivity index (χ0v) is 22.4. The van der Waals surface area contributed by atoms with Crippen molar-refractivity contribution in [3.05, 3.63) is 91.0 Å². The number of fused-ring (bicyclic) bond motifs is 4. The average molecular weight is 525 g/mol. The van der Waals surface area contributed by atoms with Gasteiger partial charge in [-0.15, -0.1) is 0 Å². The summed E-state index contributed by atoms with van der Waals surface area (Å²) in [4.78, 5) is 19.3. The third-order valence-corrected chi connectivity index (χ3v) is 7.90. The fourth-order valence-electron chi connectivity index (χ4n) is 6.03. The number of pyridine rings is 3. The van der Waals surface area contributed by atoms with Gasteiger partial charge < -0.3 is 9.32 Å². The Hall–Kier alpha value is -5.24. The van der Waals surface area contributed by atoms with Crippen LogP contribution in [0.3, 0.4) is 0 Å². The van der Waals surface area contributed by atoms with Crippen LogP contribution < -0.4 is 9.80 Å². The molecule has 6 aromatic rings. The lowest BCUT2D eigenvalue weighted by atomic mass is 10.1. The molecule has 0 fully saturated rings. The predicted molar refractivity (Wildman–Crippen MR) is 158 cm³/mol. The first-order valence-corrected chi connectivity index (χ1v) is 13.3. The van der Waals surface area contributed by atoms with Crippen LogP contribution in [-0.4, -0.2) is 44.4 Å². The predicted octanol–water partition coefficient (Wildman–Crippen LogP) is 6.74. The minimum Gasteiger partial charge on any atom is -0.462 e. The van der Waals surface area contributed by atoms with E-state index in [2.05, 4.69) is 106 Å². The van der Waals surface area contributed by atoms with Gasteiger partial charge in [-0.05, 0) is 36.4 Å². The second-order valence-electron chi connectivity index (χ2n) is 10.3. The summed E-state index contributed by atoms with van der Waals surface area (Å²) >= 11 is 0. The Bertz CT molecular complexity index is 1990. The molecule has 194 valence electrons. The normalized spacial score (nSPS) is 13.8. The van der Waals surface area contributed by atoms with Gasteiger partial charge >= 0.3 is 0 Å². The molecule has 2 aliphatic heterocycles. The highest BCUT2D eigenvalue weighted by Crippen LogP contribution is 2.51. The Balaban J connectivity index is 1.34. The summed E-state index contributed by atoms with van der Waals surface area (Å²) in [5.74, 6) is 2.81. The molecular formula is C32H26N7O+. The zero-order chi connectivity index (χ0) is 27.0. The van der Waals surface area contributed by atoms with Crippen molar-refractivity contribution in [1.82, 2.24) is 19.5 Å². The first-order chi connectivity index (χ1) is 19.6. The Morgan fingerprint density at radius 3 is 2.52 bits per heavy atom. The van der Waals surface area contributed by atoms with Crippen LogP contribution in [0.1, 0.15) is 5.56 Å². The highest BCUT2D eigenvalue weighted by atomic mass is 16.3. The maximum atomic E-state index is 6.00. The number of nitrogens with zero attached hydrogens (tertiary/aromatic N) is 7. The molecule has 0 amide bonds. The number of anilines is 5. The summed E-state index contributed by atoms with van der Waals surface area (Å²) in [5, 5.41) is 0. The highest BCUT2D eigenvalue weighted by molar-refractivity contribution is 6.01. The summed E-state index contributed by atoms with van der Waals surface area (Å²) in [5.41, 5.74) is 9.58. The van der Waals surface area contributed by atoms with Crippen LogP contribution in [0.25, 0.3) is 33.6 Å².